The second kappa shape index (κ2) is 4.34. The van der Waals surface area contributed by atoms with Gasteiger partial charge in [0.1, 0.15) is 11.6 Å². The number of nitrogens with zero attached hydrogens (tertiary/aromatic N) is 2. The molecule has 0 amide bonds. The smallest absolute Gasteiger partial charge is 0.356 e. The number of hydrogen-bond donors (Lipinski definition) is 2. The van der Waals surface area contributed by atoms with Crippen molar-refractivity contribution >= 4 is 11.5 Å². The van der Waals surface area contributed by atoms with Gasteiger partial charge in [0, 0.05) is 5.56 Å². The van der Waals surface area contributed by atoms with E-state index in [1.54, 1.807) is 6.07 Å². The van der Waals surface area contributed by atoms with Gasteiger partial charge in [0.15, 0.2) is 11.6 Å². The molecule has 20 heavy (non-hydrogen) atoms. The first-order valence-electron chi connectivity index (χ1n) is 5.77. The molecular formula is C14H9FN2O3. The summed E-state index contributed by atoms with van der Waals surface area (Å²) in [6.07, 6.45) is 0. The Bertz CT molecular complexity index is 826. The summed E-state index contributed by atoms with van der Waals surface area (Å²) in [4.78, 5) is 15.2. The Hall–Kier alpha value is -2.89. The Balaban J connectivity index is 2.39. The molecule has 0 spiro atoms. The van der Waals surface area contributed by atoms with Crippen LogP contribution in [0.2, 0.25) is 0 Å². The number of pyridine rings is 1. The normalized spacial score (nSPS) is 10.8. The minimum absolute atomic E-state index is 0.165. The molecule has 2 N–H and O–H groups in total. The zero-order valence-electron chi connectivity index (χ0n) is 10.1. The molecule has 100 valence electrons. The van der Waals surface area contributed by atoms with Gasteiger partial charge in [-0.15, -0.1) is 0 Å². The lowest BCUT2D eigenvalue weighted by Crippen LogP contribution is -1.97. The molecule has 3 aromatic rings. The molecule has 3 rings (SSSR count). The van der Waals surface area contributed by atoms with Crippen LogP contribution in [0.4, 0.5) is 4.39 Å². The van der Waals surface area contributed by atoms with Crippen LogP contribution in [0.25, 0.3) is 16.9 Å². The monoisotopic (exact) mass is 272 g/mol. The molecule has 6 heteroatoms. The Kier molecular flexibility index (Phi) is 2.64. The van der Waals surface area contributed by atoms with Gasteiger partial charge in [-0.25, -0.2) is 14.2 Å². The Labute approximate surface area is 112 Å². The quantitative estimate of drug-likeness (QED) is 0.751. The second-order valence-corrected chi connectivity index (χ2v) is 4.20. The first-order valence-corrected chi connectivity index (χ1v) is 5.77. The van der Waals surface area contributed by atoms with Crippen molar-refractivity contribution in [2.24, 2.45) is 0 Å². The SMILES string of the molecule is O=C(O)c1nc(-c2cccc(F)c2)n2c(O)cccc12. The lowest BCUT2D eigenvalue weighted by Gasteiger charge is -2.03. The molecule has 0 atom stereocenters. The topological polar surface area (TPSA) is 74.8 Å². The van der Waals surface area contributed by atoms with Gasteiger partial charge in [-0.3, -0.25) is 4.40 Å². The molecule has 0 fully saturated rings. The predicted molar refractivity (Wildman–Crippen MR) is 69.2 cm³/mol. The molecule has 0 unspecified atom stereocenters. The first kappa shape index (κ1) is 12.2. The number of rotatable bonds is 2. The van der Waals surface area contributed by atoms with E-state index in [1.807, 2.05) is 0 Å². The highest BCUT2D eigenvalue weighted by Crippen LogP contribution is 2.27. The molecular weight excluding hydrogens is 263 g/mol. The molecule has 0 saturated carbocycles. The minimum atomic E-state index is -1.21. The summed E-state index contributed by atoms with van der Waals surface area (Å²) >= 11 is 0. The number of carbonyl (C=O) groups is 1. The van der Waals surface area contributed by atoms with E-state index in [2.05, 4.69) is 4.98 Å². The fourth-order valence-electron chi connectivity index (χ4n) is 2.10. The van der Waals surface area contributed by atoms with Crippen molar-refractivity contribution in [2.75, 3.05) is 0 Å². The highest BCUT2D eigenvalue weighted by Gasteiger charge is 2.19. The number of aromatic hydroxyl groups is 1. The Morgan fingerprint density at radius 1 is 1.20 bits per heavy atom. The van der Waals surface area contributed by atoms with E-state index in [9.17, 15) is 14.3 Å². The van der Waals surface area contributed by atoms with E-state index >= 15 is 0 Å². The number of fused-ring (bicyclic) bond motifs is 1. The Morgan fingerprint density at radius 2 is 1.95 bits per heavy atom. The molecule has 2 aromatic heterocycles. The zero-order valence-corrected chi connectivity index (χ0v) is 10.1. The van der Waals surface area contributed by atoms with Crippen LogP contribution >= 0.6 is 0 Å². The van der Waals surface area contributed by atoms with E-state index in [0.717, 1.165) is 0 Å². The van der Waals surface area contributed by atoms with Gasteiger partial charge in [-0.05, 0) is 24.3 Å². The van der Waals surface area contributed by atoms with Crippen LogP contribution in [0.15, 0.2) is 42.5 Å². The number of halogens is 1. The number of carboxylic acid groups (broad SMARTS) is 1. The van der Waals surface area contributed by atoms with Crippen molar-refractivity contribution < 1.29 is 19.4 Å². The van der Waals surface area contributed by atoms with Crippen molar-refractivity contribution in [3.8, 4) is 17.3 Å². The second-order valence-electron chi connectivity index (χ2n) is 4.20. The average molecular weight is 272 g/mol. The van der Waals surface area contributed by atoms with Crippen LogP contribution in [0.5, 0.6) is 5.88 Å². The molecule has 0 bridgehead atoms. The number of imidazole rings is 1. The standard InChI is InChI=1S/C14H9FN2O3/c15-9-4-1-3-8(7-9)13-16-12(14(19)20)10-5-2-6-11(18)17(10)13/h1-7,18H,(H,19,20). The van der Waals surface area contributed by atoms with Crippen molar-refractivity contribution in [2.45, 2.75) is 0 Å². The van der Waals surface area contributed by atoms with E-state index in [0.29, 0.717) is 5.56 Å². The van der Waals surface area contributed by atoms with E-state index < -0.39 is 11.8 Å². The molecule has 0 aliphatic carbocycles. The first-order chi connectivity index (χ1) is 9.58. The lowest BCUT2D eigenvalue weighted by molar-refractivity contribution is 0.0693. The summed E-state index contributed by atoms with van der Waals surface area (Å²) < 4.78 is 14.6. The Morgan fingerprint density at radius 3 is 2.65 bits per heavy atom. The van der Waals surface area contributed by atoms with Gasteiger partial charge in [0.25, 0.3) is 0 Å². The third kappa shape index (κ3) is 1.78. The van der Waals surface area contributed by atoms with Crippen LogP contribution < -0.4 is 0 Å². The molecule has 0 aliphatic rings. The summed E-state index contributed by atoms with van der Waals surface area (Å²) in [7, 11) is 0. The number of hydrogen-bond acceptors (Lipinski definition) is 3. The van der Waals surface area contributed by atoms with Crippen LogP contribution in [0, 0.1) is 5.82 Å². The van der Waals surface area contributed by atoms with Crippen LogP contribution in [-0.2, 0) is 0 Å². The summed E-state index contributed by atoms with van der Waals surface area (Å²) in [5, 5.41) is 19.1. The summed E-state index contributed by atoms with van der Waals surface area (Å²) in [5.41, 5.74) is 0.436. The lowest BCUT2D eigenvalue weighted by atomic mass is 10.2. The van der Waals surface area contributed by atoms with Crippen molar-refractivity contribution in [1.82, 2.24) is 9.38 Å². The van der Waals surface area contributed by atoms with Crippen LogP contribution in [0.1, 0.15) is 10.5 Å². The minimum Gasteiger partial charge on any atom is -0.494 e. The van der Waals surface area contributed by atoms with Crippen molar-refractivity contribution in [1.29, 1.82) is 0 Å². The fourth-order valence-corrected chi connectivity index (χ4v) is 2.10. The number of benzene rings is 1. The van der Waals surface area contributed by atoms with E-state index in [1.165, 1.54) is 40.8 Å². The molecule has 0 radical (unpaired) electrons. The van der Waals surface area contributed by atoms with Gasteiger partial charge >= 0.3 is 5.97 Å². The van der Waals surface area contributed by atoms with E-state index in [4.69, 9.17) is 5.11 Å². The summed E-state index contributed by atoms with van der Waals surface area (Å²) in [6.45, 7) is 0. The molecule has 5 nitrogen and oxygen atoms in total. The van der Waals surface area contributed by atoms with Crippen molar-refractivity contribution in [3.63, 3.8) is 0 Å². The summed E-state index contributed by atoms with van der Waals surface area (Å²) in [5.74, 6) is -1.67. The van der Waals surface area contributed by atoms with E-state index in [-0.39, 0.29) is 22.9 Å². The molecule has 0 saturated heterocycles. The van der Waals surface area contributed by atoms with Gasteiger partial charge in [-0.1, -0.05) is 18.2 Å². The maximum absolute atomic E-state index is 13.3. The highest BCUT2D eigenvalue weighted by molar-refractivity contribution is 5.95. The van der Waals surface area contributed by atoms with Crippen LogP contribution in [0.3, 0.4) is 0 Å². The average Bonchev–Trinajstić information content (AvgIpc) is 2.80. The number of aromatic carboxylic acids is 1. The number of carboxylic acids is 1. The number of aromatic nitrogens is 2. The highest BCUT2D eigenvalue weighted by atomic mass is 19.1. The maximum Gasteiger partial charge on any atom is 0.356 e. The molecule has 0 aliphatic heterocycles. The summed E-state index contributed by atoms with van der Waals surface area (Å²) in [6, 6.07) is 10.0. The van der Waals surface area contributed by atoms with Gasteiger partial charge in [0.2, 0.25) is 0 Å². The third-order valence-electron chi connectivity index (χ3n) is 2.93. The molecule has 2 heterocycles. The predicted octanol–water partition coefficient (Wildman–Crippen LogP) is 2.54. The van der Waals surface area contributed by atoms with Gasteiger partial charge in [-0.2, -0.15) is 0 Å². The third-order valence-corrected chi connectivity index (χ3v) is 2.93. The fraction of sp³-hybridized carbons (Fsp3) is 0. The molecule has 1 aromatic carbocycles. The van der Waals surface area contributed by atoms with Crippen molar-refractivity contribution in [3.05, 3.63) is 54.0 Å². The maximum atomic E-state index is 13.3. The largest absolute Gasteiger partial charge is 0.494 e. The van der Waals surface area contributed by atoms with Gasteiger partial charge in [0.05, 0.1) is 5.52 Å². The zero-order chi connectivity index (χ0) is 14.3. The van der Waals surface area contributed by atoms with Crippen LogP contribution in [-0.4, -0.2) is 25.6 Å². The van der Waals surface area contributed by atoms with Gasteiger partial charge < -0.3 is 10.2 Å².